The van der Waals surface area contributed by atoms with E-state index in [1.165, 1.54) is 32.1 Å². The number of likely N-dealkylation sites (tertiary alicyclic amines) is 1. The van der Waals surface area contributed by atoms with E-state index in [1.54, 1.807) is 0 Å². The number of halogens is 1. The number of hydrogen-bond acceptors (Lipinski definition) is 3. The summed E-state index contributed by atoms with van der Waals surface area (Å²) in [6.45, 7) is 5.44. The maximum absolute atomic E-state index is 12.5. The minimum Gasteiger partial charge on any atom is -0.339 e. The lowest BCUT2D eigenvalue weighted by Crippen LogP contribution is -2.50. The topological polar surface area (TPSA) is 49.6 Å². The maximum Gasteiger partial charge on any atom is 0.236 e. The van der Waals surface area contributed by atoms with Gasteiger partial charge in [0, 0.05) is 25.2 Å². The summed E-state index contributed by atoms with van der Waals surface area (Å²) >= 11 is 0. The van der Waals surface area contributed by atoms with E-state index in [2.05, 4.69) is 16.7 Å². The fourth-order valence-electron chi connectivity index (χ4n) is 3.55. The van der Waals surface area contributed by atoms with Crippen LogP contribution in [0.1, 0.15) is 51.9 Å². The van der Waals surface area contributed by atoms with Gasteiger partial charge in [0.2, 0.25) is 5.91 Å². The molecule has 2 rings (SSSR count). The van der Waals surface area contributed by atoms with Crippen LogP contribution in [0, 0.1) is 0 Å². The molecule has 5 heteroatoms. The average Bonchev–Trinajstić information content (AvgIpc) is 2.41. The van der Waals surface area contributed by atoms with Gasteiger partial charge in [-0.15, -0.1) is 12.4 Å². The van der Waals surface area contributed by atoms with Crippen LogP contribution < -0.4 is 5.73 Å². The maximum atomic E-state index is 12.5. The van der Waals surface area contributed by atoms with Gasteiger partial charge in [0.25, 0.3) is 0 Å². The van der Waals surface area contributed by atoms with Crippen molar-refractivity contribution in [3.63, 3.8) is 0 Å². The molecule has 1 saturated heterocycles. The second-order valence-electron chi connectivity index (χ2n) is 6.11. The third kappa shape index (κ3) is 4.90. The molecule has 0 aromatic heterocycles. The second-order valence-corrected chi connectivity index (χ2v) is 6.11. The molecule has 1 aliphatic carbocycles. The van der Waals surface area contributed by atoms with Crippen LogP contribution in [-0.4, -0.2) is 54.0 Å². The molecular formula is C15H30ClN3O. The van der Waals surface area contributed by atoms with Crippen LogP contribution >= 0.6 is 12.4 Å². The van der Waals surface area contributed by atoms with E-state index < -0.39 is 0 Å². The first-order valence-electron chi connectivity index (χ1n) is 7.98. The SMILES string of the molecule is CCN(C(=O)CN1CCCC(N)C1)C1CCCCC1.Cl. The van der Waals surface area contributed by atoms with Crippen LogP contribution in [0.15, 0.2) is 0 Å². The van der Waals surface area contributed by atoms with Gasteiger partial charge < -0.3 is 10.6 Å². The Bertz CT molecular complexity index is 295. The van der Waals surface area contributed by atoms with Gasteiger partial charge in [-0.3, -0.25) is 9.69 Å². The first-order valence-corrected chi connectivity index (χ1v) is 7.98. The number of rotatable bonds is 4. The summed E-state index contributed by atoms with van der Waals surface area (Å²) in [5, 5.41) is 0. The Kier molecular flexibility index (Phi) is 7.85. The van der Waals surface area contributed by atoms with Crippen molar-refractivity contribution in [2.24, 2.45) is 5.73 Å². The molecule has 0 aromatic carbocycles. The third-order valence-corrected chi connectivity index (χ3v) is 4.58. The summed E-state index contributed by atoms with van der Waals surface area (Å²) in [5.74, 6) is 0.309. The number of nitrogens with two attached hydrogens (primary N) is 1. The summed E-state index contributed by atoms with van der Waals surface area (Å²) in [7, 11) is 0. The van der Waals surface area contributed by atoms with Crippen molar-refractivity contribution in [3.8, 4) is 0 Å². The van der Waals surface area contributed by atoms with E-state index in [0.717, 1.165) is 32.5 Å². The minimum atomic E-state index is 0. The smallest absolute Gasteiger partial charge is 0.236 e. The molecule has 0 radical (unpaired) electrons. The van der Waals surface area contributed by atoms with E-state index in [1.807, 2.05) is 0 Å². The van der Waals surface area contributed by atoms with Crippen LogP contribution in [0.3, 0.4) is 0 Å². The molecule has 1 aliphatic heterocycles. The van der Waals surface area contributed by atoms with Gasteiger partial charge in [-0.05, 0) is 39.2 Å². The Morgan fingerprint density at radius 2 is 1.90 bits per heavy atom. The summed E-state index contributed by atoms with van der Waals surface area (Å²) in [4.78, 5) is 16.8. The minimum absolute atomic E-state index is 0. The predicted molar refractivity (Wildman–Crippen MR) is 85.2 cm³/mol. The normalized spacial score (nSPS) is 25.0. The van der Waals surface area contributed by atoms with Gasteiger partial charge in [-0.25, -0.2) is 0 Å². The van der Waals surface area contributed by atoms with Gasteiger partial charge in [0.1, 0.15) is 0 Å². The zero-order chi connectivity index (χ0) is 13.7. The van der Waals surface area contributed by atoms with E-state index >= 15 is 0 Å². The summed E-state index contributed by atoms with van der Waals surface area (Å²) in [6, 6.07) is 0.746. The van der Waals surface area contributed by atoms with Crippen molar-refractivity contribution >= 4 is 18.3 Å². The van der Waals surface area contributed by atoms with Crippen LogP contribution in [0.25, 0.3) is 0 Å². The van der Waals surface area contributed by atoms with Gasteiger partial charge >= 0.3 is 0 Å². The van der Waals surface area contributed by atoms with Crippen molar-refractivity contribution in [1.82, 2.24) is 9.80 Å². The molecule has 0 aromatic rings. The monoisotopic (exact) mass is 303 g/mol. The molecule has 4 nitrogen and oxygen atoms in total. The van der Waals surface area contributed by atoms with Crippen molar-refractivity contribution in [3.05, 3.63) is 0 Å². The van der Waals surface area contributed by atoms with E-state index in [9.17, 15) is 4.79 Å². The Morgan fingerprint density at radius 3 is 2.50 bits per heavy atom. The Morgan fingerprint density at radius 1 is 1.20 bits per heavy atom. The molecule has 1 amide bonds. The highest BCUT2D eigenvalue weighted by molar-refractivity contribution is 5.85. The molecule has 118 valence electrons. The Hall–Kier alpha value is -0.320. The number of hydrogen-bond donors (Lipinski definition) is 1. The number of carbonyl (C=O) groups is 1. The molecule has 1 saturated carbocycles. The second kappa shape index (κ2) is 8.85. The van der Waals surface area contributed by atoms with E-state index in [0.29, 0.717) is 18.5 Å². The lowest BCUT2D eigenvalue weighted by molar-refractivity contribution is -0.135. The standard InChI is InChI=1S/C15H29N3O.ClH/c1-2-18(14-8-4-3-5-9-14)15(19)12-17-10-6-7-13(16)11-17;/h13-14H,2-12,16H2,1H3;1H. The van der Waals surface area contributed by atoms with Crippen LogP contribution in [0.2, 0.25) is 0 Å². The zero-order valence-corrected chi connectivity index (χ0v) is 13.5. The van der Waals surface area contributed by atoms with Crippen molar-refractivity contribution < 1.29 is 4.79 Å². The van der Waals surface area contributed by atoms with Crippen LogP contribution in [0.5, 0.6) is 0 Å². The number of nitrogens with zero attached hydrogens (tertiary/aromatic N) is 2. The van der Waals surface area contributed by atoms with Crippen molar-refractivity contribution in [2.75, 3.05) is 26.2 Å². The van der Waals surface area contributed by atoms with Crippen molar-refractivity contribution in [1.29, 1.82) is 0 Å². The number of amides is 1. The zero-order valence-electron chi connectivity index (χ0n) is 12.7. The Labute approximate surface area is 129 Å². The molecule has 2 aliphatic rings. The molecular weight excluding hydrogens is 274 g/mol. The van der Waals surface area contributed by atoms with E-state index in [-0.39, 0.29) is 18.4 Å². The molecule has 1 heterocycles. The highest BCUT2D eigenvalue weighted by atomic mass is 35.5. The third-order valence-electron chi connectivity index (χ3n) is 4.58. The van der Waals surface area contributed by atoms with Crippen molar-refractivity contribution in [2.45, 2.75) is 64.0 Å². The number of piperidine rings is 1. The molecule has 2 fully saturated rings. The highest BCUT2D eigenvalue weighted by Gasteiger charge is 2.26. The van der Waals surface area contributed by atoms with Crippen LogP contribution in [-0.2, 0) is 4.79 Å². The fraction of sp³-hybridized carbons (Fsp3) is 0.933. The molecule has 0 bridgehead atoms. The van der Waals surface area contributed by atoms with Crippen LogP contribution in [0.4, 0.5) is 0 Å². The largest absolute Gasteiger partial charge is 0.339 e. The summed E-state index contributed by atoms with van der Waals surface area (Å²) in [6.07, 6.45) is 8.52. The summed E-state index contributed by atoms with van der Waals surface area (Å²) < 4.78 is 0. The predicted octanol–water partition coefficient (Wildman–Crippen LogP) is 2.01. The quantitative estimate of drug-likeness (QED) is 0.864. The fourth-order valence-corrected chi connectivity index (χ4v) is 3.55. The molecule has 0 spiro atoms. The van der Waals surface area contributed by atoms with Gasteiger partial charge in [-0.2, -0.15) is 0 Å². The lowest BCUT2D eigenvalue weighted by Gasteiger charge is -2.36. The van der Waals surface area contributed by atoms with Gasteiger partial charge in [0.15, 0.2) is 0 Å². The van der Waals surface area contributed by atoms with Gasteiger partial charge in [-0.1, -0.05) is 19.3 Å². The molecule has 1 unspecified atom stereocenters. The lowest BCUT2D eigenvalue weighted by atomic mass is 9.94. The molecule has 1 atom stereocenters. The van der Waals surface area contributed by atoms with Gasteiger partial charge in [0.05, 0.1) is 6.54 Å². The first kappa shape index (κ1) is 17.7. The highest BCUT2D eigenvalue weighted by Crippen LogP contribution is 2.22. The first-order chi connectivity index (χ1) is 9.20. The number of likely N-dealkylation sites (N-methyl/N-ethyl adjacent to an activating group) is 1. The van der Waals surface area contributed by atoms with E-state index in [4.69, 9.17) is 5.73 Å². The Balaban J connectivity index is 0.00000200. The molecule has 2 N–H and O–H groups in total. The number of carbonyl (C=O) groups excluding carboxylic acids is 1. The summed E-state index contributed by atoms with van der Waals surface area (Å²) in [5.41, 5.74) is 5.99. The molecule has 20 heavy (non-hydrogen) atoms. The average molecular weight is 304 g/mol.